The lowest BCUT2D eigenvalue weighted by atomic mass is 9.95. The summed E-state index contributed by atoms with van der Waals surface area (Å²) in [5.41, 5.74) is 0. The molecule has 0 saturated heterocycles. The van der Waals surface area contributed by atoms with Gasteiger partial charge in [-0.25, -0.2) is 0 Å². The summed E-state index contributed by atoms with van der Waals surface area (Å²) in [7, 11) is -4.79. The predicted molar refractivity (Wildman–Crippen MR) is 143 cm³/mol. The molecule has 0 unspecified atom stereocenters. The highest BCUT2D eigenvalue weighted by molar-refractivity contribution is 7.49. The Hall–Kier alpha value is -2.74. The van der Waals surface area contributed by atoms with Crippen molar-refractivity contribution in [3.8, 4) is 0 Å². The molecule has 0 spiro atoms. The summed E-state index contributed by atoms with van der Waals surface area (Å²) in [5, 5.41) is 8.41. The van der Waals surface area contributed by atoms with Gasteiger partial charge in [-0.3, -0.25) is 14.4 Å². The van der Waals surface area contributed by atoms with Crippen molar-refractivity contribution in [1.29, 1.82) is 0 Å². The Bertz CT molecular complexity index is 829. The van der Waals surface area contributed by atoms with Crippen molar-refractivity contribution >= 4 is 25.5 Å². The Morgan fingerprint density at radius 3 is 0.974 bits per heavy atom. The summed E-state index contributed by atoms with van der Waals surface area (Å²) in [6, 6.07) is -0.152. The SMILES string of the molecule is C=C(OP(=O)(OC(=C)C(=O)NC1CCCCC1)OC(=C)C(=O)NC1CCCCC1)C(=O)NC1CCCCC1. The molecule has 0 aromatic carbocycles. The van der Waals surface area contributed by atoms with E-state index in [0.29, 0.717) is 0 Å². The Morgan fingerprint density at radius 2 is 0.737 bits per heavy atom. The van der Waals surface area contributed by atoms with Crippen molar-refractivity contribution in [2.45, 2.75) is 114 Å². The second-order valence-corrected chi connectivity index (χ2v) is 11.9. The van der Waals surface area contributed by atoms with E-state index in [1.807, 2.05) is 0 Å². The molecule has 3 rings (SSSR count). The van der Waals surface area contributed by atoms with Gasteiger partial charge in [0, 0.05) is 18.1 Å². The van der Waals surface area contributed by atoms with Gasteiger partial charge in [0.05, 0.1) is 0 Å². The number of carbonyl (C=O) groups excluding carboxylic acids is 3. The number of phosphoric acid groups is 1. The van der Waals surface area contributed by atoms with E-state index in [1.165, 1.54) is 0 Å². The van der Waals surface area contributed by atoms with Gasteiger partial charge < -0.3 is 29.5 Å². The summed E-state index contributed by atoms with van der Waals surface area (Å²) >= 11 is 0. The van der Waals surface area contributed by atoms with Crippen molar-refractivity contribution in [2.75, 3.05) is 0 Å². The lowest BCUT2D eigenvalue weighted by Crippen LogP contribution is -2.38. The number of hydrogen-bond donors (Lipinski definition) is 3. The zero-order valence-electron chi connectivity index (χ0n) is 22.3. The number of amides is 3. The van der Waals surface area contributed by atoms with Gasteiger partial charge in [-0.2, -0.15) is 4.57 Å². The van der Waals surface area contributed by atoms with E-state index in [9.17, 15) is 18.9 Å². The lowest BCUT2D eigenvalue weighted by molar-refractivity contribution is -0.121. The molecule has 11 heteroatoms. The molecular weight excluding hydrogens is 509 g/mol. The van der Waals surface area contributed by atoms with Crippen LogP contribution in [0.3, 0.4) is 0 Å². The maximum Gasteiger partial charge on any atom is 0.647 e. The number of hydrogen-bond acceptors (Lipinski definition) is 7. The van der Waals surface area contributed by atoms with E-state index in [1.54, 1.807) is 0 Å². The van der Waals surface area contributed by atoms with Crippen LogP contribution in [0, 0.1) is 0 Å². The monoisotopic (exact) mass is 551 g/mol. The first kappa shape index (κ1) is 29.8. The van der Waals surface area contributed by atoms with Gasteiger partial charge in [0.25, 0.3) is 17.7 Å². The molecule has 3 fully saturated rings. The van der Waals surface area contributed by atoms with E-state index in [-0.39, 0.29) is 18.1 Å². The van der Waals surface area contributed by atoms with Crippen molar-refractivity contribution < 1.29 is 32.5 Å². The van der Waals surface area contributed by atoms with Gasteiger partial charge in [0.15, 0.2) is 17.3 Å². The molecule has 3 aliphatic carbocycles. The van der Waals surface area contributed by atoms with Crippen LogP contribution >= 0.6 is 7.82 Å². The number of rotatable bonds is 12. The molecule has 3 aliphatic rings. The molecule has 0 aromatic rings. The number of carbonyl (C=O) groups is 3. The molecule has 3 saturated carbocycles. The minimum Gasteiger partial charge on any atom is -0.381 e. The fourth-order valence-corrected chi connectivity index (χ4v) is 6.29. The summed E-state index contributed by atoms with van der Waals surface area (Å²) in [6.45, 7) is 10.7. The smallest absolute Gasteiger partial charge is 0.381 e. The molecule has 0 atom stereocenters. The van der Waals surface area contributed by atoms with Crippen LogP contribution in [0.1, 0.15) is 96.3 Å². The highest BCUT2D eigenvalue weighted by Crippen LogP contribution is 2.54. The summed E-state index contributed by atoms with van der Waals surface area (Å²) in [6.07, 6.45) is 14.2. The normalized spacial score (nSPS) is 19.5. The quantitative estimate of drug-likeness (QED) is 0.176. The van der Waals surface area contributed by atoms with Crippen LogP contribution in [0.4, 0.5) is 0 Å². The standard InChI is InChI=1S/C27H42N3O7P/c1-19(25(31)28-22-13-7-4-8-14-22)35-38(34,36-20(2)26(32)29-23-15-9-5-10-16-23)37-21(3)27(33)30-24-17-11-6-12-18-24/h22-24H,1-18H2,(H,28,31)(H,29,32)(H,30,33). The van der Waals surface area contributed by atoms with Gasteiger partial charge in [0.1, 0.15) is 0 Å². The van der Waals surface area contributed by atoms with E-state index >= 15 is 0 Å². The molecule has 0 aromatic heterocycles. The van der Waals surface area contributed by atoms with Crippen LogP contribution in [0.25, 0.3) is 0 Å². The Morgan fingerprint density at radius 1 is 0.500 bits per heavy atom. The van der Waals surface area contributed by atoms with E-state index < -0.39 is 42.8 Å². The zero-order chi connectivity index (χ0) is 27.5. The Balaban J connectivity index is 1.65. The van der Waals surface area contributed by atoms with Crippen molar-refractivity contribution in [3.63, 3.8) is 0 Å². The molecule has 10 nitrogen and oxygen atoms in total. The van der Waals surface area contributed by atoms with Crippen LogP contribution in [-0.4, -0.2) is 35.8 Å². The molecule has 3 N–H and O–H groups in total. The highest BCUT2D eigenvalue weighted by Gasteiger charge is 2.39. The third-order valence-corrected chi connectivity index (χ3v) is 8.58. The first-order chi connectivity index (χ1) is 18.1. The second-order valence-electron chi connectivity index (χ2n) is 10.4. The summed E-state index contributed by atoms with van der Waals surface area (Å²) in [5.74, 6) is -3.63. The molecule has 3 amide bonds. The van der Waals surface area contributed by atoms with Crippen LogP contribution in [0.5, 0.6) is 0 Å². The third-order valence-electron chi connectivity index (χ3n) is 7.25. The average molecular weight is 552 g/mol. The Labute approximate surface area is 225 Å². The molecule has 0 aliphatic heterocycles. The fraction of sp³-hybridized carbons (Fsp3) is 0.667. The van der Waals surface area contributed by atoms with E-state index in [2.05, 4.69) is 35.7 Å². The van der Waals surface area contributed by atoms with Crippen LogP contribution in [0.2, 0.25) is 0 Å². The largest absolute Gasteiger partial charge is 0.647 e. The van der Waals surface area contributed by atoms with E-state index in [4.69, 9.17) is 13.6 Å². The maximum absolute atomic E-state index is 13.6. The molecule has 0 bridgehead atoms. The summed E-state index contributed by atoms with van der Waals surface area (Å²) in [4.78, 5) is 38.0. The van der Waals surface area contributed by atoms with Gasteiger partial charge in [-0.1, -0.05) is 77.5 Å². The van der Waals surface area contributed by atoms with Crippen molar-refractivity contribution in [3.05, 3.63) is 37.0 Å². The van der Waals surface area contributed by atoms with Gasteiger partial charge >= 0.3 is 7.82 Å². The molecule has 0 radical (unpaired) electrons. The van der Waals surface area contributed by atoms with Crippen LogP contribution in [-0.2, 0) is 32.5 Å². The topological polar surface area (TPSA) is 132 Å². The van der Waals surface area contributed by atoms with Crippen LogP contribution in [0.15, 0.2) is 37.0 Å². The van der Waals surface area contributed by atoms with Gasteiger partial charge in [0.2, 0.25) is 0 Å². The number of nitrogens with one attached hydrogen (secondary N) is 3. The minimum absolute atomic E-state index is 0.0507. The molecule has 212 valence electrons. The zero-order valence-corrected chi connectivity index (χ0v) is 23.2. The van der Waals surface area contributed by atoms with Crippen LogP contribution < -0.4 is 16.0 Å². The van der Waals surface area contributed by atoms with Crippen molar-refractivity contribution in [1.82, 2.24) is 16.0 Å². The van der Waals surface area contributed by atoms with Gasteiger partial charge in [-0.05, 0) is 38.5 Å². The number of phosphoric ester groups is 1. The van der Waals surface area contributed by atoms with Crippen molar-refractivity contribution in [2.24, 2.45) is 0 Å². The fourth-order valence-electron chi connectivity index (χ4n) is 5.12. The predicted octanol–water partition coefficient (Wildman–Crippen LogP) is 5.03. The Kier molecular flexibility index (Phi) is 11.3. The minimum atomic E-state index is -4.79. The van der Waals surface area contributed by atoms with Gasteiger partial charge in [-0.15, -0.1) is 0 Å². The summed E-state index contributed by atoms with van der Waals surface area (Å²) < 4.78 is 29.5. The second kappa shape index (κ2) is 14.4. The lowest BCUT2D eigenvalue weighted by Gasteiger charge is -2.26. The average Bonchev–Trinajstić information content (AvgIpc) is 2.90. The molecule has 38 heavy (non-hydrogen) atoms. The van der Waals surface area contributed by atoms with E-state index in [0.717, 1.165) is 96.3 Å². The molecular formula is C27H42N3O7P. The third kappa shape index (κ3) is 9.53. The maximum atomic E-state index is 13.6. The first-order valence-electron chi connectivity index (χ1n) is 13.8. The first-order valence-corrected chi connectivity index (χ1v) is 15.3. The highest BCUT2D eigenvalue weighted by atomic mass is 31.2. The molecule has 0 heterocycles.